The van der Waals surface area contributed by atoms with E-state index in [-0.39, 0.29) is 0 Å². The third-order valence-electron chi connectivity index (χ3n) is 2.77. The molecule has 0 heterocycles. The van der Waals surface area contributed by atoms with Crippen molar-refractivity contribution in [3.05, 3.63) is 34.9 Å². The zero-order valence-electron chi connectivity index (χ0n) is 9.21. The van der Waals surface area contributed by atoms with Gasteiger partial charge in [-0.3, -0.25) is 0 Å². The Morgan fingerprint density at radius 2 is 2.14 bits per heavy atom. The lowest BCUT2D eigenvalue weighted by molar-refractivity contribution is -0.108. The van der Waals surface area contributed by atoms with Gasteiger partial charge in [0.15, 0.2) is 0 Å². The molecule has 0 aromatic heterocycles. The molecule has 0 saturated heterocycles. The summed E-state index contributed by atoms with van der Waals surface area (Å²) in [5.74, 6) is 0.345. The van der Waals surface area contributed by atoms with Crippen LogP contribution in [-0.4, -0.2) is 6.29 Å². The number of benzene rings is 1. The van der Waals surface area contributed by atoms with E-state index in [0.29, 0.717) is 12.3 Å². The Morgan fingerprint density at radius 1 is 1.43 bits per heavy atom. The molecular formula is C13H18O. The molecule has 0 aliphatic rings. The SMILES string of the molecule is CCc1ccc(C(C)CC=O)cc1C. The van der Waals surface area contributed by atoms with Crippen LogP contribution < -0.4 is 0 Å². The van der Waals surface area contributed by atoms with Gasteiger partial charge < -0.3 is 4.79 Å². The van der Waals surface area contributed by atoms with Crippen LogP contribution in [0.1, 0.15) is 42.9 Å². The Hall–Kier alpha value is -1.11. The van der Waals surface area contributed by atoms with Gasteiger partial charge in [-0.15, -0.1) is 0 Å². The average Bonchev–Trinajstić information content (AvgIpc) is 2.18. The fraction of sp³-hybridized carbons (Fsp3) is 0.462. The first-order chi connectivity index (χ1) is 6.69. The molecule has 0 aliphatic heterocycles. The summed E-state index contributed by atoms with van der Waals surface area (Å²) in [5.41, 5.74) is 4.00. The Balaban J connectivity index is 2.90. The van der Waals surface area contributed by atoms with Crippen LogP contribution in [-0.2, 0) is 11.2 Å². The first-order valence-electron chi connectivity index (χ1n) is 5.22. The lowest BCUT2D eigenvalue weighted by Crippen LogP contribution is -1.96. The van der Waals surface area contributed by atoms with Crippen molar-refractivity contribution in [1.82, 2.24) is 0 Å². The molecule has 1 heteroatoms. The smallest absolute Gasteiger partial charge is 0.120 e. The molecule has 1 rings (SSSR count). The van der Waals surface area contributed by atoms with Crippen molar-refractivity contribution in [1.29, 1.82) is 0 Å². The highest BCUT2D eigenvalue weighted by Gasteiger charge is 2.05. The fourth-order valence-corrected chi connectivity index (χ4v) is 1.70. The van der Waals surface area contributed by atoms with Crippen molar-refractivity contribution in [3.63, 3.8) is 0 Å². The molecule has 0 radical (unpaired) electrons. The summed E-state index contributed by atoms with van der Waals surface area (Å²) in [5, 5.41) is 0. The Kier molecular flexibility index (Phi) is 3.87. The maximum atomic E-state index is 10.4. The second kappa shape index (κ2) is 4.94. The summed E-state index contributed by atoms with van der Waals surface area (Å²) in [4.78, 5) is 10.4. The minimum absolute atomic E-state index is 0.345. The Morgan fingerprint density at radius 3 is 2.64 bits per heavy atom. The standard InChI is InChI=1S/C13H18O/c1-4-12-5-6-13(9-11(12)3)10(2)7-8-14/h5-6,8-10H,4,7H2,1-3H3. The molecule has 1 aromatic rings. The van der Waals surface area contributed by atoms with E-state index >= 15 is 0 Å². The number of carbonyl (C=O) groups is 1. The first kappa shape index (κ1) is 11.0. The number of rotatable bonds is 4. The summed E-state index contributed by atoms with van der Waals surface area (Å²) < 4.78 is 0. The number of aldehydes is 1. The molecule has 1 nitrogen and oxygen atoms in total. The van der Waals surface area contributed by atoms with Crippen LogP contribution in [0.4, 0.5) is 0 Å². The van der Waals surface area contributed by atoms with Crippen LogP contribution in [0.3, 0.4) is 0 Å². The van der Waals surface area contributed by atoms with E-state index in [4.69, 9.17) is 0 Å². The molecule has 1 unspecified atom stereocenters. The van der Waals surface area contributed by atoms with Crippen LogP contribution in [0, 0.1) is 6.92 Å². The van der Waals surface area contributed by atoms with Crippen molar-refractivity contribution in [3.8, 4) is 0 Å². The molecule has 0 bridgehead atoms. The molecule has 0 saturated carbocycles. The molecular weight excluding hydrogens is 172 g/mol. The first-order valence-corrected chi connectivity index (χ1v) is 5.22. The van der Waals surface area contributed by atoms with E-state index in [1.165, 1.54) is 16.7 Å². The Labute approximate surface area is 86.1 Å². The molecule has 0 aliphatic carbocycles. The van der Waals surface area contributed by atoms with Crippen molar-refractivity contribution < 1.29 is 4.79 Å². The monoisotopic (exact) mass is 190 g/mol. The second-order valence-electron chi connectivity index (χ2n) is 3.84. The van der Waals surface area contributed by atoms with E-state index in [9.17, 15) is 4.79 Å². The molecule has 0 amide bonds. The van der Waals surface area contributed by atoms with Gasteiger partial charge in [0.1, 0.15) is 6.29 Å². The van der Waals surface area contributed by atoms with Gasteiger partial charge in [0, 0.05) is 6.42 Å². The lowest BCUT2D eigenvalue weighted by atomic mass is 9.94. The van der Waals surface area contributed by atoms with Crippen LogP contribution in [0.15, 0.2) is 18.2 Å². The molecule has 0 spiro atoms. The molecule has 1 aromatic carbocycles. The average molecular weight is 190 g/mol. The van der Waals surface area contributed by atoms with Crippen molar-refractivity contribution in [2.75, 3.05) is 0 Å². The fourth-order valence-electron chi connectivity index (χ4n) is 1.70. The number of hydrogen-bond acceptors (Lipinski definition) is 1. The summed E-state index contributed by atoms with van der Waals surface area (Å²) >= 11 is 0. The van der Waals surface area contributed by atoms with E-state index in [0.717, 1.165) is 12.7 Å². The van der Waals surface area contributed by atoms with Gasteiger partial charge in [0.25, 0.3) is 0 Å². The number of aryl methyl sites for hydroxylation is 2. The predicted octanol–water partition coefficient (Wildman–Crippen LogP) is 3.25. The quantitative estimate of drug-likeness (QED) is 0.666. The van der Waals surface area contributed by atoms with Crippen LogP contribution in [0.25, 0.3) is 0 Å². The van der Waals surface area contributed by atoms with Crippen molar-refractivity contribution in [2.24, 2.45) is 0 Å². The van der Waals surface area contributed by atoms with Crippen LogP contribution >= 0.6 is 0 Å². The van der Waals surface area contributed by atoms with Crippen LogP contribution in [0.2, 0.25) is 0 Å². The number of carbonyl (C=O) groups excluding carboxylic acids is 1. The van der Waals surface area contributed by atoms with E-state index in [1.54, 1.807) is 0 Å². The number of hydrogen-bond donors (Lipinski definition) is 0. The van der Waals surface area contributed by atoms with Gasteiger partial charge in [-0.1, -0.05) is 32.0 Å². The normalized spacial score (nSPS) is 12.5. The molecule has 1 atom stereocenters. The largest absolute Gasteiger partial charge is 0.303 e. The second-order valence-corrected chi connectivity index (χ2v) is 3.84. The highest BCUT2D eigenvalue weighted by Crippen LogP contribution is 2.21. The van der Waals surface area contributed by atoms with Gasteiger partial charge in [0.05, 0.1) is 0 Å². The zero-order chi connectivity index (χ0) is 10.6. The van der Waals surface area contributed by atoms with Crippen LogP contribution in [0.5, 0.6) is 0 Å². The van der Waals surface area contributed by atoms with E-state index < -0.39 is 0 Å². The third-order valence-corrected chi connectivity index (χ3v) is 2.77. The topological polar surface area (TPSA) is 17.1 Å². The van der Waals surface area contributed by atoms with E-state index in [2.05, 4.69) is 39.0 Å². The zero-order valence-corrected chi connectivity index (χ0v) is 9.21. The van der Waals surface area contributed by atoms with Crippen molar-refractivity contribution in [2.45, 2.75) is 39.5 Å². The minimum Gasteiger partial charge on any atom is -0.303 e. The highest BCUT2D eigenvalue weighted by atomic mass is 16.1. The van der Waals surface area contributed by atoms with E-state index in [1.807, 2.05) is 0 Å². The van der Waals surface area contributed by atoms with Gasteiger partial charge >= 0.3 is 0 Å². The Bertz CT molecular complexity index is 315. The molecule has 76 valence electrons. The summed E-state index contributed by atoms with van der Waals surface area (Å²) in [6, 6.07) is 6.51. The molecule has 0 fully saturated rings. The third kappa shape index (κ3) is 2.44. The molecule has 14 heavy (non-hydrogen) atoms. The summed E-state index contributed by atoms with van der Waals surface area (Å²) in [6.07, 6.45) is 2.69. The maximum absolute atomic E-state index is 10.4. The lowest BCUT2D eigenvalue weighted by Gasteiger charge is -2.11. The van der Waals surface area contributed by atoms with Crippen molar-refractivity contribution >= 4 is 6.29 Å². The predicted molar refractivity (Wildman–Crippen MR) is 59.7 cm³/mol. The minimum atomic E-state index is 0.345. The summed E-state index contributed by atoms with van der Waals surface area (Å²) in [7, 11) is 0. The van der Waals surface area contributed by atoms with Gasteiger partial charge in [0.2, 0.25) is 0 Å². The van der Waals surface area contributed by atoms with Gasteiger partial charge in [-0.25, -0.2) is 0 Å². The molecule has 0 N–H and O–H groups in total. The van der Waals surface area contributed by atoms with Gasteiger partial charge in [-0.2, -0.15) is 0 Å². The van der Waals surface area contributed by atoms with Gasteiger partial charge in [-0.05, 0) is 36.0 Å². The summed E-state index contributed by atoms with van der Waals surface area (Å²) in [6.45, 7) is 6.39. The maximum Gasteiger partial charge on any atom is 0.120 e. The highest BCUT2D eigenvalue weighted by molar-refractivity contribution is 5.51.